The summed E-state index contributed by atoms with van der Waals surface area (Å²) in [6, 6.07) is 5.65. The van der Waals surface area contributed by atoms with Crippen molar-refractivity contribution < 1.29 is 32.1 Å². The Labute approximate surface area is 133 Å². The van der Waals surface area contributed by atoms with Gasteiger partial charge in [0.15, 0.2) is 5.79 Å². The smallest absolute Gasteiger partial charge is 0.406 e. The Bertz CT molecular complexity index is 485. The summed E-state index contributed by atoms with van der Waals surface area (Å²) in [6.45, 7) is 5.27. The second kappa shape index (κ2) is 7.51. The van der Waals surface area contributed by atoms with Gasteiger partial charge < -0.3 is 18.9 Å². The Balaban J connectivity index is 1.68. The van der Waals surface area contributed by atoms with Crippen LogP contribution in [0.25, 0.3) is 0 Å². The summed E-state index contributed by atoms with van der Waals surface area (Å²) in [5.41, 5.74) is 0.785. The van der Waals surface area contributed by atoms with Crippen LogP contribution in [0.1, 0.15) is 32.3 Å². The molecule has 0 saturated carbocycles. The van der Waals surface area contributed by atoms with Crippen molar-refractivity contribution in [1.29, 1.82) is 0 Å². The molecule has 1 aromatic carbocycles. The molecule has 0 aliphatic carbocycles. The predicted octanol–water partition coefficient (Wildman–Crippen LogP) is 4.03. The zero-order valence-electron chi connectivity index (χ0n) is 13.2. The quantitative estimate of drug-likeness (QED) is 0.736. The number of halogens is 3. The normalized spacial score (nSPS) is 21.2. The van der Waals surface area contributed by atoms with E-state index in [2.05, 4.69) is 4.74 Å². The Kier molecular flexibility index (Phi) is 5.89. The third-order valence-electron chi connectivity index (χ3n) is 3.35. The molecule has 4 nitrogen and oxygen atoms in total. The van der Waals surface area contributed by atoms with Crippen LogP contribution in [-0.4, -0.2) is 31.5 Å². The molecule has 1 atom stereocenters. The molecule has 1 aliphatic heterocycles. The summed E-state index contributed by atoms with van der Waals surface area (Å²) in [5, 5.41) is 0. The van der Waals surface area contributed by atoms with Gasteiger partial charge in [-0.1, -0.05) is 12.1 Å². The van der Waals surface area contributed by atoms with Gasteiger partial charge in [0.2, 0.25) is 0 Å². The van der Waals surface area contributed by atoms with Gasteiger partial charge in [0.05, 0.1) is 19.3 Å². The first-order chi connectivity index (χ1) is 10.7. The molecule has 1 saturated heterocycles. The fraction of sp³-hybridized carbons (Fsp3) is 0.625. The van der Waals surface area contributed by atoms with E-state index in [-0.39, 0.29) is 11.9 Å². The van der Waals surface area contributed by atoms with Crippen molar-refractivity contribution >= 4 is 0 Å². The molecule has 1 heterocycles. The van der Waals surface area contributed by atoms with E-state index in [1.165, 1.54) is 12.1 Å². The van der Waals surface area contributed by atoms with Crippen LogP contribution in [0.15, 0.2) is 24.3 Å². The highest BCUT2D eigenvalue weighted by Crippen LogP contribution is 2.24. The average Bonchev–Trinajstić information content (AvgIpc) is 2.43. The molecule has 0 spiro atoms. The van der Waals surface area contributed by atoms with E-state index in [1.54, 1.807) is 12.1 Å². The maximum absolute atomic E-state index is 12.1. The van der Waals surface area contributed by atoms with Gasteiger partial charge in [-0.15, -0.1) is 13.2 Å². The van der Waals surface area contributed by atoms with E-state index in [0.717, 1.165) is 18.4 Å². The number of hydrogen-bond acceptors (Lipinski definition) is 4. The molecule has 2 rings (SSSR count). The summed E-state index contributed by atoms with van der Waals surface area (Å²) in [6.07, 6.45) is -2.99. The molecule has 0 radical (unpaired) electrons. The van der Waals surface area contributed by atoms with Gasteiger partial charge in [-0.05, 0) is 44.4 Å². The highest BCUT2D eigenvalue weighted by Gasteiger charge is 2.31. The lowest BCUT2D eigenvalue weighted by atomic mass is 10.1. The highest BCUT2D eigenvalue weighted by atomic mass is 19.4. The Morgan fingerprint density at radius 1 is 1.22 bits per heavy atom. The zero-order chi connectivity index (χ0) is 16.9. The van der Waals surface area contributed by atoms with E-state index >= 15 is 0 Å². The number of ether oxygens (including phenoxy) is 4. The fourth-order valence-electron chi connectivity index (χ4n) is 2.33. The number of rotatable bonds is 6. The van der Waals surface area contributed by atoms with Crippen molar-refractivity contribution in [2.75, 3.05) is 13.2 Å². The molecule has 23 heavy (non-hydrogen) atoms. The van der Waals surface area contributed by atoms with Gasteiger partial charge in [0, 0.05) is 6.61 Å². The molecule has 0 bridgehead atoms. The van der Waals surface area contributed by atoms with E-state index < -0.39 is 12.1 Å². The molecule has 1 aromatic rings. The van der Waals surface area contributed by atoms with Gasteiger partial charge in [0.1, 0.15) is 5.75 Å². The first kappa shape index (κ1) is 18.0. The fourth-order valence-corrected chi connectivity index (χ4v) is 2.33. The van der Waals surface area contributed by atoms with Crippen LogP contribution >= 0.6 is 0 Å². The average molecular weight is 334 g/mol. The topological polar surface area (TPSA) is 36.9 Å². The van der Waals surface area contributed by atoms with Gasteiger partial charge >= 0.3 is 6.36 Å². The summed E-state index contributed by atoms with van der Waals surface area (Å²) >= 11 is 0. The predicted molar refractivity (Wildman–Crippen MR) is 76.9 cm³/mol. The van der Waals surface area contributed by atoms with Gasteiger partial charge in [-0.3, -0.25) is 0 Å². The molecule has 0 N–H and O–H groups in total. The third-order valence-corrected chi connectivity index (χ3v) is 3.35. The van der Waals surface area contributed by atoms with Crippen molar-refractivity contribution in [3.8, 4) is 5.75 Å². The van der Waals surface area contributed by atoms with Crippen molar-refractivity contribution in [1.82, 2.24) is 0 Å². The summed E-state index contributed by atoms with van der Waals surface area (Å²) in [5.74, 6) is -0.795. The lowest BCUT2D eigenvalue weighted by Gasteiger charge is -2.36. The minimum absolute atomic E-state index is 0.0984. The van der Waals surface area contributed by atoms with Crippen LogP contribution in [0, 0.1) is 0 Å². The van der Waals surface area contributed by atoms with Crippen LogP contribution in [0.4, 0.5) is 13.2 Å². The Morgan fingerprint density at radius 3 is 2.52 bits per heavy atom. The Morgan fingerprint density at radius 2 is 1.91 bits per heavy atom. The minimum atomic E-state index is -4.67. The van der Waals surface area contributed by atoms with Crippen LogP contribution in [-0.2, 0) is 20.8 Å². The molecule has 0 amide bonds. The molecule has 1 unspecified atom stereocenters. The molecule has 0 aromatic heterocycles. The monoisotopic (exact) mass is 334 g/mol. The molecule has 130 valence electrons. The molecule has 1 fully saturated rings. The van der Waals surface area contributed by atoms with Crippen molar-refractivity contribution in [2.45, 2.75) is 51.5 Å². The van der Waals surface area contributed by atoms with Gasteiger partial charge in [0.25, 0.3) is 0 Å². The first-order valence-corrected chi connectivity index (χ1v) is 7.48. The van der Waals surface area contributed by atoms with E-state index in [1.807, 2.05) is 13.8 Å². The van der Waals surface area contributed by atoms with E-state index in [0.29, 0.717) is 19.8 Å². The second-order valence-electron chi connectivity index (χ2n) is 5.81. The van der Waals surface area contributed by atoms with Crippen LogP contribution in [0.5, 0.6) is 5.75 Å². The lowest BCUT2D eigenvalue weighted by Crippen LogP contribution is -2.40. The van der Waals surface area contributed by atoms with E-state index in [9.17, 15) is 13.2 Å². The van der Waals surface area contributed by atoms with Crippen LogP contribution in [0.3, 0.4) is 0 Å². The molecule has 7 heteroatoms. The van der Waals surface area contributed by atoms with Crippen LogP contribution in [0.2, 0.25) is 0 Å². The minimum Gasteiger partial charge on any atom is -0.406 e. The zero-order valence-corrected chi connectivity index (χ0v) is 13.2. The summed E-state index contributed by atoms with van der Waals surface area (Å²) in [7, 11) is 0. The lowest BCUT2D eigenvalue weighted by molar-refractivity contribution is -0.275. The van der Waals surface area contributed by atoms with Crippen LogP contribution < -0.4 is 4.74 Å². The van der Waals surface area contributed by atoms with Gasteiger partial charge in [-0.2, -0.15) is 0 Å². The maximum Gasteiger partial charge on any atom is 0.573 e. The number of alkyl halides is 3. The van der Waals surface area contributed by atoms with Crippen molar-refractivity contribution in [3.63, 3.8) is 0 Å². The third kappa shape index (κ3) is 6.76. The van der Waals surface area contributed by atoms with E-state index in [4.69, 9.17) is 14.2 Å². The standard InChI is InChI=1S/C16H21F3O4/c1-15(2)21-10-8-14(22-15)7-9-20-11-12-3-5-13(6-4-12)23-16(17,18)19/h3-6,14H,7-11H2,1-2H3. The maximum atomic E-state index is 12.1. The van der Waals surface area contributed by atoms with Gasteiger partial charge in [-0.25, -0.2) is 0 Å². The SMILES string of the molecule is CC1(C)OCCC(CCOCc2ccc(OC(F)(F)F)cc2)O1. The Hall–Kier alpha value is -1.31. The molecular weight excluding hydrogens is 313 g/mol. The van der Waals surface area contributed by atoms with Crippen molar-refractivity contribution in [2.24, 2.45) is 0 Å². The number of benzene rings is 1. The summed E-state index contributed by atoms with van der Waals surface area (Å²) < 4.78 is 56.7. The largest absolute Gasteiger partial charge is 0.573 e. The first-order valence-electron chi connectivity index (χ1n) is 7.48. The highest BCUT2D eigenvalue weighted by molar-refractivity contribution is 5.27. The molecular formula is C16H21F3O4. The second-order valence-corrected chi connectivity index (χ2v) is 5.81. The van der Waals surface area contributed by atoms with Crippen molar-refractivity contribution in [3.05, 3.63) is 29.8 Å². The molecule has 1 aliphatic rings. The summed E-state index contributed by atoms with van der Waals surface area (Å²) in [4.78, 5) is 0. The number of hydrogen-bond donors (Lipinski definition) is 0.